The summed E-state index contributed by atoms with van der Waals surface area (Å²) < 4.78 is 0. The van der Waals surface area contributed by atoms with Gasteiger partial charge in [0.05, 0.1) is 0 Å². The molecule has 1 nitrogen and oxygen atoms in total. The summed E-state index contributed by atoms with van der Waals surface area (Å²) in [4.78, 5) is 2.61. The van der Waals surface area contributed by atoms with Gasteiger partial charge in [-0.3, -0.25) is 0 Å². The van der Waals surface area contributed by atoms with E-state index in [1.54, 1.807) is 0 Å². The molecule has 0 bridgehead atoms. The number of rotatable bonds is 5. The van der Waals surface area contributed by atoms with Gasteiger partial charge in [-0.1, -0.05) is 33.1 Å². The molecule has 0 unspecified atom stereocenters. The van der Waals surface area contributed by atoms with Crippen molar-refractivity contribution in [2.75, 3.05) is 19.6 Å². The Morgan fingerprint density at radius 3 is 2.46 bits per heavy atom. The van der Waals surface area contributed by atoms with Crippen LogP contribution in [0, 0.1) is 12.8 Å². The molecular weight excluding hydrogens is 158 g/mol. The number of hydrogen-bond acceptors (Lipinski definition) is 1. The molecule has 1 heteroatoms. The van der Waals surface area contributed by atoms with E-state index in [2.05, 4.69) is 18.7 Å². The highest BCUT2D eigenvalue weighted by atomic mass is 15.1. The first-order valence-electron chi connectivity index (χ1n) is 5.88. The lowest BCUT2D eigenvalue weighted by molar-refractivity contribution is 0.198. The standard InChI is InChI=1S/C12H24N/c1-3-4-5-6-9-13-10-7-12(2)8-11-13/h12H,2-11H2,1H3. The molecule has 0 N–H and O–H groups in total. The second-order valence-electron chi connectivity index (χ2n) is 4.35. The Hall–Kier alpha value is -0.0400. The van der Waals surface area contributed by atoms with Crippen LogP contribution in [0.2, 0.25) is 0 Å². The van der Waals surface area contributed by atoms with Gasteiger partial charge in [0.1, 0.15) is 0 Å². The minimum absolute atomic E-state index is 0.729. The lowest BCUT2D eigenvalue weighted by atomic mass is 9.99. The minimum atomic E-state index is 0.729. The number of nitrogens with zero attached hydrogens (tertiary/aromatic N) is 1. The molecule has 1 saturated heterocycles. The SMILES string of the molecule is [CH2]C1CCN(CCCCCC)CC1. The van der Waals surface area contributed by atoms with E-state index in [1.807, 2.05) is 0 Å². The van der Waals surface area contributed by atoms with Crippen molar-refractivity contribution in [2.24, 2.45) is 5.92 Å². The fraction of sp³-hybridized carbons (Fsp3) is 0.917. The van der Waals surface area contributed by atoms with Crippen LogP contribution < -0.4 is 0 Å². The predicted molar refractivity (Wildman–Crippen MR) is 58.7 cm³/mol. The van der Waals surface area contributed by atoms with E-state index in [4.69, 9.17) is 0 Å². The summed E-state index contributed by atoms with van der Waals surface area (Å²) >= 11 is 0. The number of likely N-dealkylation sites (tertiary alicyclic amines) is 1. The van der Waals surface area contributed by atoms with E-state index in [9.17, 15) is 0 Å². The van der Waals surface area contributed by atoms with Crippen LogP contribution in [0.3, 0.4) is 0 Å². The smallest absolute Gasteiger partial charge is 0.00161 e. The monoisotopic (exact) mass is 182 g/mol. The Balaban J connectivity index is 1.96. The Morgan fingerprint density at radius 1 is 1.15 bits per heavy atom. The molecule has 0 aromatic heterocycles. The van der Waals surface area contributed by atoms with E-state index in [1.165, 1.54) is 58.2 Å². The van der Waals surface area contributed by atoms with Gasteiger partial charge in [0.25, 0.3) is 0 Å². The van der Waals surface area contributed by atoms with Crippen LogP contribution in [-0.2, 0) is 0 Å². The molecule has 1 rings (SSSR count). The maximum Gasteiger partial charge on any atom is -0.00161 e. The highest BCUT2D eigenvalue weighted by Crippen LogP contribution is 2.16. The molecule has 1 aliphatic rings. The summed E-state index contributed by atoms with van der Waals surface area (Å²) in [6, 6.07) is 0. The maximum absolute atomic E-state index is 4.11. The Bertz CT molecular complexity index is 114. The van der Waals surface area contributed by atoms with Crippen LogP contribution in [0.5, 0.6) is 0 Å². The highest BCUT2D eigenvalue weighted by molar-refractivity contribution is 4.73. The summed E-state index contributed by atoms with van der Waals surface area (Å²) in [5.74, 6) is 0.729. The van der Waals surface area contributed by atoms with Crippen molar-refractivity contribution >= 4 is 0 Å². The molecule has 1 aliphatic heterocycles. The topological polar surface area (TPSA) is 3.24 Å². The zero-order valence-corrected chi connectivity index (χ0v) is 9.10. The fourth-order valence-electron chi connectivity index (χ4n) is 1.97. The summed E-state index contributed by atoms with van der Waals surface area (Å²) in [6.07, 6.45) is 8.20. The molecule has 1 radical (unpaired) electrons. The van der Waals surface area contributed by atoms with Gasteiger partial charge in [-0.05, 0) is 44.8 Å². The van der Waals surface area contributed by atoms with E-state index in [-0.39, 0.29) is 0 Å². The van der Waals surface area contributed by atoms with E-state index >= 15 is 0 Å². The molecule has 0 aromatic rings. The second-order valence-corrected chi connectivity index (χ2v) is 4.35. The maximum atomic E-state index is 4.11. The zero-order valence-electron chi connectivity index (χ0n) is 9.10. The second kappa shape index (κ2) is 6.42. The van der Waals surface area contributed by atoms with E-state index in [0.29, 0.717) is 0 Å². The first kappa shape index (κ1) is 11.0. The van der Waals surface area contributed by atoms with Crippen molar-refractivity contribution in [3.05, 3.63) is 6.92 Å². The van der Waals surface area contributed by atoms with Crippen molar-refractivity contribution in [3.63, 3.8) is 0 Å². The molecule has 1 heterocycles. The summed E-state index contributed by atoms with van der Waals surface area (Å²) in [6.45, 7) is 10.3. The quantitative estimate of drug-likeness (QED) is 0.590. The van der Waals surface area contributed by atoms with Gasteiger partial charge < -0.3 is 4.90 Å². The lowest BCUT2D eigenvalue weighted by Gasteiger charge is -2.29. The first-order chi connectivity index (χ1) is 6.33. The van der Waals surface area contributed by atoms with Gasteiger partial charge in [0, 0.05) is 0 Å². The van der Waals surface area contributed by atoms with Crippen LogP contribution in [0.4, 0.5) is 0 Å². The fourth-order valence-corrected chi connectivity index (χ4v) is 1.97. The average molecular weight is 182 g/mol. The molecule has 0 atom stereocenters. The molecule has 0 amide bonds. The van der Waals surface area contributed by atoms with E-state index in [0.717, 1.165) is 5.92 Å². The van der Waals surface area contributed by atoms with Crippen molar-refractivity contribution < 1.29 is 0 Å². The third-order valence-corrected chi connectivity index (χ3v) is 3.04. The molecular formula is C12H24N. The van der Waals surface area contributed by atoms with Crippen LogP contribution in [0.1, 0.15) is 45.4 Å². The van der Waals surface area contributed by atoms with Crippen molar-refractivity contribution in [1.82, 2.24) is 4.90 Å². The van der Waals surface area contributed by atoms with Gasteiger partial charge in [-0.15, -0.1) is 0 Å². The molecule has 0 aliphatic carbocycles. The van der Waals surface area contributed by atoms with Crippen molar-refractivity contribution in [2.45, 2.75) is 45.4 Å². The molecule has 77 valence electrons. The number of hydrogen-bond donors (Lipinski definition) is 0. The lowest BCUT2D eigenvalue weighted by Crippen LogP contribution is -2.33. The average Bonchev–Trinajstić information content (AvgIpc) is 2.15. The van der Waals surface area contributed by atoms with Crippen LogP contribution in [0.25, 0.3) is 0 Å². The predicted octanol–water partition coefficient (Wildman–Crippen LogP) is 3.11. The Kier molecular flexibility index (Phi) is 5.45. The van der Waals surface area contributed by atoms with Crippen LogP contribution in [-0.4, -0.2) is 24.5 Å². The molecule has 0 saturated carbocycles. The van der Waals surface area contributed by atoms with Gasteiger partial charge in [-0.25, -0.2) is 0 Å². The van der Waals surface area contributed by atoms with Crippen molar-refractivity contribution in [3.8, 4) is 0 Å². The highest BCUT2D eigenvalue weighted by Gasteiger charge is 2.14. The Morgan fingerprint density at radius 2 is 1.85 bits per heavy atom. The molecule has 0 aromatic carbocycles. The Labute approximate surface area is 83.5 Å². The molecule has 0 spiro atoms. The van der Waals surface area contributed by atoms with E-state index < -0.39 is 0 Å². The minimum Gasteiger partial charge on any atom is -0.303 e. The summed E-state index contributed by atoms with van der Waals surface area (Å²) in [5.41, 5.74) is 0. The van der Waals surface area contributed by atoms with Gasteiger partial charge >= 0.3 is 0 Å². The van der Waals surface area contributed by atoms with Gasteiger partial charge in [0.2, 0.25) is 0 Å². The summed E-state index contributed by atoms with van der Waals surface area (Å²) in [7, 11) is 0. The van der Waals surface area contributed by atoms with Gasteiger partial charge in [-0.2, -0.15) is 0 Å². The van der Waals surface area contributed by atoms with Crippen LogP contribution in [0.15, 0.2) is 0 Å². The third kappa shape index (κ3) is 4.66. The first-order valence-corrected chi connectivity index (χ1v) is 5.88. The molecule has 1 fully saturated rings. The zero-order chi connectivity index (χ0) is 9.52. The summed E-state index contributed by atoms with van der Waals surface area (Å²) in [5, 5.41) is 0. The largest absolute Gasteiger partial charge is 0.303 e. The molecule has 13 heavy (non-hydrogen) atoms. The number of unbranched alkanes of at least 4 members (excludes halogenated alkanes) is 3. The normalized spacial score (nSPS) is 20.8. The number of piperidine rings is 1. The van der Waals surface area contributed by atoms with Crippen molar-refractivity contribution in [1.29, 1.82) is 0 Å². The third-order valence-electron chi connectivity index (χ3n) is 3.04. The van der Waals surface area contributed by atoms with Crippen LogP contribution >= 0.6 is 0 Å². The van der Waals surface area contributed by atoms with Gasteiger partial charge in [0.15, 0.2) is 0 Å².